The van der Waals surface area contributed by atoms with Gasteiger partial charge in [-0.3, -0.25) is 14.6 Å². The number of amides is 2. The maximum absolute atomic E-state index is 13.2. The van der Waals surface area contributed by atoms with Crippen molar-refractivity contribution < 1.29 is 14.3 Å². The number of para-hydroxylation sites is 2. The predicted molar refractivity (Wildman–Crippen MR) is 112 cm³/mol. The molecule has 1 aliphatic heterocycles. The van der Waals surface area contributed by atoms with Crippen LogP contribution in [0.5, 0.6) is 5.75 Å². The van der Waals surface area contributed by atoms with E-state index in [4.69, 9.17) is 9.73 Å². The summed E-state index contributed by atoms with van der Waals surface area (Å²) in [5, 5.41) is 2.90. The molecule has 1 N–H and O–H groups in total. The minimum atomic E-state index is -0.598. The SMILES string of the molecule is CCOc1ccccc1NC(=O)CN1C(=O)C(c2ccccc2)=NC12CCCC2. The fourth-order valence-electron chi connectivity index (χ4n) is 4.14. The minimum absolute atomic E-state index is 0.0286. The molecule has 1 spiro atoms. The van der Waals surface area contributed by atoms with E-state index in [0.717, 1.165) is 31.2 Å². The maximum Gasteiger partial charge on any atom is 0.275 e. The highest BCUT2D eigenvalue weighted by atomic mass is 16.5. The Balaban J connectivity index is 1.55. The second-order valence-electron chi connectivity index (χ2n) is 7.38. The summed E-state index contributed by atoms with van der Waals surface area (Å²) in [6.45, 7) is 2.38. The highest BCUT2D eigenvalue weighted by Crippen LogP contribution is 2.41. The van der Waals surface area contributed by atoms with Crippen LogP contribution in [0.1, 0.15) is 38.2 Å². The fraction of sp³-hybridized carbons (Fsp3) is 0.348. The van der Waals surface area contributed by atoms with Gasteiger partial charge in [0.05, 0.1) is 12.3 Å². The van der Waals surface area contributed by atoms with Gasteiger partial charge in [0.15, 0.2) is 0 Å². The molecule has 0 unspecified atom stereocenters. The van der Waals surface area contributed by atoms with Gasteiger partial charge >= 0.3 is 0 Å². The summed E-state index contributed by atoms with van der Waals surface area (Å²) in [7, 11) is 0. The van der Waals surface area contributed by atoms with Crippen LogP contribution in [0.3, 0.4) is 0 Å². The molecule has 4 rings (SSSR count). The van der Waals surface area contributed by atoms with E-state index < -0.39 is 5.66 Å². The Kier molecular flexibility index (Phi) is 5.34. The summed E-state index contributed by atoms with van der Waals surface area (Å²) in [4.78, 5) is 32.6. The Morgan fingerprint density at radius 1 is 1.10 bits per heavy atom. The molecule has 6 heteroatoms. The molecule has 1 saturated carbocycles. The standard InChI is InChI=1S/C23H25N3O3/c1-2-29-19-13-7-6-12-18(19)24-20(27)16-26-22(28)21(17-10-4-3-5-11-17)25-23(26)14-8-9-15-23/h3-7,10-13H,2,8-9,14-16H2,1H3,(H,24,27). The van der Waals surface area contributed by atoms with Crippen molar-refractivity contribution in [2.75, 3.05) is 18.5 Å². The molecule has 0 atom stereocenters. The van der Waals surface area contributed by atoms with Crippen LogP contribution in [0.15, 0.2) is 59.6 Å². The van der Waals surface area contributed by atoms with Crippen molar-refractivity contribution in [2.45, 2.75) is 38.3 Å². The van der Waals surface area contributed by atoms with Gasteiger partial charge in [0.25, 0.3) is 5.91 Å². The molecule has 0 aromatic heterocycles. The molecular weight excluding hydrogens is 366 g/mol. The van der Waals surface area contributed by atoms with E-state index in [1.807, 2.05) is 55.5 Å². The van der Waals surface area contributed by atoms with Crippen LogP contribution >= 0.6 is 0 Å². The number of hydrogen-bond donors (Lipinski definition) is 1. The first-order chi connectivity index (χ1) is 14.1. The van der Waals surface area contributed by atoms with Crippen LogP contribution in [-0.2, 0) is 9.59 Å². The molecule has 1 heterocycles. The molecular formula is C23H25N3O3. The molecule has 2 aromatic carbocycles. The number of carbonyl (C=O) groups excluding carboxylic acids is 2. The number of nitrogens with zero attached hydrogens (tertiary/aromatic N) is 2. The zero-order valence-corrected chi connectivity index (χ0v) is 16.6. The highest BCUT2D eigenvalue weighted by Gasteiger charge is 2.49. The van der Waals surface area contributed by atoms with Gasteiger partial charge in [-0.05, 0) is 44.7 Å². The van der Waals surface area contributed by atoms with E-state index >= 15 is 0 Å². The normalized spacial score (nSPS) is 17.5. The Bertz CT molecular complexity index is 933. The number of rotatable bonds is 6. The van der Waals surface area contributed by atoms with E-state index in [1.54, 1.807) is 11.0 Å². The van der Waals surface area contributed by atoms with E-state index in [0.29, 0.717) is 23.8 Å². The second kappa shape index (κ2) is 8.07. The van der Waals surface area contributed by atoms with Gasteiger partial charge in [-0.25, -0.2) is 0 Å². The molecule has 0 radical (unpaired) electrons. The zero-order chi connectivity index (χ0) is 20.3. The molecule has 6 nitrogen and oxygen atoms in total. The average Bonchev–Trinajstić information content (AvgIpc) is 3.31. The topological polar surface area (TPSA) is 71.0 Å². The lowest BCUT2D eigenvalue weighted by molar-refractivity contribution is -0.132. The van der Waals surface area contributed by atoms with Crippen molar-refractivity contribution in [3.8, 4) is 5.75 Å². The zero-order valence-electron chi connectivity index (χ0n) is 16.6. The molecule has 1 fully saturated rings. The lowest BCUT2D eigenvalue weighted by Crippen LogP contribution is -2.48. The summed E-state index contributed by atoms with van der Waals surface area (Å²) in [6, 6.07) is 16.8. The molecule has 1 aliphatic carbocycles. The van der Waals surface area contributed by atoms with Gasteiger partial charge < -0.3 is 15.0 Å². The number of carbonyl (C=O) groups is 2. The van der Waals surface area contributed by atoms with Crippen molar-refractivity contribution in [3.63, 3.8) is 0 Å². The first-order valence-corrected chi connectivity index (χ1v) is 10.1. The van der Waals surface area contributed by atoms with Gasteiger partial charge in [0, 0.05) is 5.56 Å². The third-order valence-electron chi connectivity index (χ3n) is 5.48. The summed E-state index contributed by atoms with van der Waals surface area (Å²) in [6.07, 6.45) is 3.59. The first kappa shape index (κ1) is 19.2. The van der Waals surface area contributed by atoms with Crippen molar-refractivity contribution >= 4 is 23.2 Å². The molecule has 150 valence electrons. The summed E-state index contributed by atoms with van der Waals surface area (Å²) in [5.74, 6) is 0.195. The Morgan fingerprint density at radius 3 is 2.52 bits per heavy atom. The van der Waals surface area contributed by atoms with Gasteiger partial charge in [0.2, 0.25) is 5.91 Å². The largest absolute Gasteiger partial charge is 0.492 e. The first-order valence-electron chi connectivity index (χ1n) is 10.1. The molecule has 2 aromatic rings. The van der Waals surface area contributed by atoms with E-state index in [1.165, 1.54) is 0 Å². The Labute approximate surface area is 170 Å². The van der Waals surface area contributed by atoms with Crippen LogP contribution in [0.2, 0.25) is 0 Å². The molecule has 2 aliphatic rings. The summed E-state index contributed by atoms with van der Waals surface area (Å²) < 4.78 is 5.58. The third kappa shape index (κ3) is 3.75. The fourth-order valence-corrected chi connectivity index (χ4v) is 4.14. The van der Waals surface area contributed by atoms with Gasteiger partial charge in [-0.2, -0.15) is 0 Å². The number of aliphatic imine (C=N–C) groups is 1. The maximum atomic E-state index is 13.2. The minimum Gasteiger partial charge on any atom is -0.492 e. The van der Waals surface area contributed by atoms with Crippen LogP contribution in [0.25, 0.3) is 0 Å². The van der Waals surface area contributed by atoms with Crippen molar-refractivity contribution in [3.05, 3.63) is 60.2 Å². The monoisotopic (exact) mass is 391 g/mol. The predicted octanol–water partition coefficient (Wildman–Crippen LogP) is 3.63. The number of ether oxygens (including phenoxy) is 1. The van der Waals surface area contributed by atoms with Crippen LogP contribution in [-0.4, -0.2) is 41.2 Å². The number of nitrogens with one attached hydrogen (secondary N) is 1. The molecule has 2 amide bonds. The van der Waals surface area contributed by atoms with Crippen molar-refractivity contribution in [1.29, 1.82) is 0 Å². The van der Waals surface area contributed by atoms with E-state index in [9.17, 15) is 9.59 Å². The van der Waals surface area contributed by atoms with Crippen LogP contribution in [0.4, 0.5) is 5.69 Å². The van der Waals surface area contributed by atoms with Crippen molar-refractivity contribution in [2.24, 2.45) is 4.99 Å². The number of anilines is 1. The quantitative estimate of drug-likeness (QED) is 0.817. The average molecular weight is 391 g/mol. The van der Waals surface area contributed by atoms with Gasteiger partial charge in [-0.1, -0.05) is 42.5 Å². The van der Waals surface area contributed by atoms with Gasteiger partial charge in [-0.15, -0.1) is 0 Å². The van der Waals surface area contributed by atoms with Gasteiger partial charge in [0.1, 0.15) is 23.7 Å². The van der Waals surface area contributed by atoms with Crippen LogP contribution in [0, 0.1) is 0 Å². The lowest BCUT2D eigenvalue weighted by atomic mass is 10.1. The Morgan fingerprint density at radius 2 is 1.79 bits per heavy atom. The third-order valence-corrected chi connectivity index (χ3v) is 5.48. The number of benzene rings is 2. The summed E-state index contributed by atoms with van der Waals surface area (Å²) >= 11 is 0. The van der Waals surface area contributed by atoms with Crippen molar-refractivity contribution in [1.82, 2.24) is 4.90 Å². The molecule has 0 bridgehead atoms. The smallest absolute Gasteiger partial charge is 0.275 e. The second-order valence-corrected chi connectivity index (χ2v) is 7.38. The lowest BCUT2D eigenvalue weighted by Gasteiger charge is -2.32. The Hall–Kier alpha value is -3.15. The van der Waals surface area contributed by atoms with Crippen LogP contribution < -0.4 is 10.1 Å². The van der Waals surface area contributed by atoms with E-state index in [-0.39, 0.29) is 18.4 Å². The van der Waals surface area contributed by atoms with E-state index in [2.05, 4.69) is 5.32 Å². The number of hydrogen-bond acceptors (Lipinski definition) is 4. The summed E-state index contributed by atoms with van der Waals surface area (Å²) in [5.41, 5.74) is 1.26. The molecule has 0 saturated heterocycles. The highest BCUT2D eigenvalue weighted by molar-refractivity contribution is 6.47. The molecule has 29 heavy (non-hydrogen) atoms.